The Balaban J connectivity index is 1.85. The normalized spacial score (nSPS) is 17.0. The molecule has 1 aliphatic rings. The van der Waals surface area contributed by atoms with Gasteiger partial charge in [-0.2, -0.15) is 4.31 Å². The first-order valence-corrected chi connectivity index (χ1v) is 14.1. The molecule has 2 aromatic rings. The number of carboxylic acid groups (broad SMARTS) is 1. The van der Waals surface area contributed by atoms with Gasteiger partial charge < -0.3 is 25.8 Å². The number of nitrogens with two attached hydrogens (primary N) is 1. The molecule has 1 fully saturated rings. The number of benzene rings is 2. The molecule has 226 valence electrons. The number of aliphatic imine (C=N–C) groups is 1. The highest BCUT2D eigenvalue weighted by atomic mass is 32.2. The Bertz CT molecular complexity index is 1460. The van der Waals surface area contributed by atoms with E-state index in [1.54, 1.807) is 12.1 Å². The van der Waals surface area contributed by atoms with Crippen LogP contribution in [0.2, 0.25) is 0 Å². The van der Waals surface area contributed by atoms with E-state index < -0.39 is 40.1 Å². The lowest BCUT2D eigenvalue weighted by molar-refractivity contribution is -0.274. The highest BCUT2D eigenvalue weighted by Gasteiger charge is 2.40. The summed E-state index contributed by atoms with van der Waals surface area (Å²) in [4.78, 5) is 29.8. The van der Waals surface area contributed by atoms with E-state index in [9.17, 15) is 31.2 Å². The summed E-state index contributed by atoms with van der Waals surface area (Å²) in [5, 5.41) is 11.8. The van der Waals surface area contributed by atoms with Crippen LogP contribution in [0.25, 0.3) is 0 Å². The van der Waals surface area contributed by atoms with E-state index in [0.29, 0.717) is 12.0 Å². The molecule has 1 heterocycles. The molecule has 4 N–H and O–H groups in total. The Morgan fingerprint density at radius 2 is 1.76 bits per heavy atom. The number of nitrogens with one attached hydrogen (secondary N) is 1. The Labute approximate surface area is 240 Å². The lowest BCUT2D eigenvalue weighted by Crippen LogP contribution is -2.60. The van der Waals surface area contributed by atoms with Gasteiger partial charge in [0.05, 0.1) is 11.1 Å². The van der Waals surface area contributed by atoms with Crippen LogP contribution in [0.5, 0.6) is 5.75 Å². The smallest absolute Gasteiger partial charge is 0.477 e. The molecule has 11 nitrogen and oxygen atoms in total. The van der Waals surface area contributed by atoms with Crippen molar-refractivity contribution < 1.29 is 41.0 Å². The third kappa shape index (κ3) is 8.33. The summed E-state index contributed by atoms with van der Waals surface area (Å²) in [5.74, 6) is -2.44. The maximum absolute atomic E-state index is 13.6. The number of sulfonamides is 1. The lowest BCUT2D eigenvalue weighted by atomic mass is 10.1. The van der Waals surface area contributed by atoms with Gasteiger partial charge in [0.25, 0.3) is 0 Å². The molecular formula is C27H30F3N5O6S. The monoisotopic (exact) mass is 609 g/mol. The maximum atomic E-state index is 13.6. The van der Waals surface area contributed by atoms with Crippen molar-refractivity contribution in [2.75, 3.05) is 19.6 Å². The van der Waals surface area contributed by atoms with Crippen LogP contribution in [0.4, 0.5) is 13.2 Å². The van der Waals surface area contributed by atoms with Crippen LogP contribution >= 0.6 is 0 Å². The number of carbonyl (C=O) groups is 2. The number of carboxylic acids is 1. The minimum Gasteiger partial charge on any atom is -0.477 e. The zero-order chi connectivity index (χ0) is 31.1. The molecule has 42 heavy (non-hydrogen) atoms. The van der Waals surface area contributed by atoms with E-state index >= 15 is 0 Å². The predicted molar refractivity (Wildman–Crippen MR) is 148 cm³/mol. The standard InChI is InChI=1S/C27H30F3N5O6S/c1-3-18-7-11-21(12-8-18)42(39,40)35-14-13-34(24(31)16-32-22(4-2)26(37)38)17-23(35)25(36)33-15-19-5-9-20(10-6-19)41-27(28,29)30/h4-12,16,23H,2-3,13-15,17,31H2,1H3,(H,33,36)(H,37,38)/b24-16+,32-22?/t23-/m1/s1. The van der Waals surface area contributed by atoms with E-state index in [1.807, 2.05) is 6.92 Å². The number of carbonyl (C=O) groups excluding carboxylic acids is 1. The number of hydrogen-bond donors (Lipinski definition) is 3. The SMILES string of the molecule is C=CC(=N/C=C(\N)N1CCN(S(=O)(=O)c2ccc(CC)cc2)[C@@H](C(=O)NCc2ccc(OC(F)(F)F)cc2)C1)C(=O)O. The van der Waals surface area contributed by atoms with Crippen LogP contribution in [-0.4, -0.2) is 72.4 Å². The Kier molecular flexibility index (Phi) is 10.4. The summed E-state index contributed by atoms with van der Waals surface area (Å²) in [5.41, 5.74) is 7.10. The second kappa shape index (κ2) is 13.5. The molecule has 1 atom stereocenters. The molecule has 3 rings (SSSR count). The van der Waals surface area contributed by atoms with Gasteiger partial charge in [-0.3, -0.25) is 4.79 Å². The van der Waals surface area contributed by atoms with Crippen molar-refractivity contribution in [1.82, 2.24) is 14.5 Å². The van der Waals surface area contributed by atoms with Gasteiger partial charge >= 0.3 is 12.3 Å². The van der Waals surface area contributed by atoms with Crippen LogP contribution in [0.1, 0.15) is 18.1 Å². The van der Waals surface area contributed by atoms with Crippen molar-refractivity contribution in [3.8, 4) is 5.75 Å². The average molecular weight is 610 g/mol. The molecule has 0 spiro atoms. The van der Waals surface area contributed by atoms with Crippen LogP contribution in [0, 0.1) is 0 Å². The number of aliphatic carboxylic acids is 1. The highest BCUT2D eigenvalue weighted by molar-refractivity contribution is 7.89. The van der Waals surface area contributed by atoms with E-state index in [0.717, 1.165) is 34.3 Å². The number of amides is 1. The van der Waals surface area contributed by atoms with Crippen LogP contribution < -0.4 is 15.8 Å². The molecular weight excluding hydrogens is 579 g/mol. The molecule has 0 unspecified atom stereocenters. The van der Waals surface area contributed by atoms with Gasteiger partial charge in [0.2, 0.25) is 15.9 Å². The van der Waals surface area contributed by atoms with Gasteiger partial charge in [-0.25, -0.2) is 18.2 Å². The zero-order valence-electron chi connectivity index (χ0n) is 22.5. The number of halogens is 3. The fourth-order valence-corrected chi connectivity index (χ4v) is 5.63. The zero-order valence-corrected chi connectivity index (χ0v) is 23.4. The number of piperazine rings is 1. The first-order chi connectivity index (χ1) is 19.7. The second-order valence-electron chi connectivity index (χ2n) is 9.06. The third-order valence-electron chi connectivity index (χ3n) is 6.31. The van der Waals surface area contributed by atoms with E-state index in [-0.39, 0.29) is 42.6 Å². The number of ether oxygens (including phenoxy) is 1. The predicted octanol–water partition coefficient (Wildman–Crippen LogP) is 2.61. The van der Waals surface area contributed by atoms with E-state index in [1.165, 1.54) is 29.2 Å². The highest BCUT2D eigenvalue weighted by Crippen LogP contribution is 2.25. The molecule has 0 bridgehead atoms. The summed E-state index contributed by atoms with van der Waals surface area (Å²) < 4.78 is 69.4. The Morgan fingerprint density at radius 3 is 2.31 bits per heavy atom. The van der Waals surface area contributed by atoms with Crippen molar-refractivity contribution in [2.24, 2.45) is 10.7 Å². The number of aryl methyl sites for hydroxylation is 1. The number of rotatable bonds is 11. The summed E-state index contributed by atoms with van der Waals surface area (Å²) in [7, 11) is -4.13. The number of nitrogens with zero attached hydrogens (tertiary/aromatic N) is 3. The van der Waals surface area contributed by atoms with E-state index in [2.05, 4.69) is 21.6 Å². The molecule has 1 amide bonds. The average Bonchev–Trinajstić information content (AvgIpc) is 2.95. The topological polar surface area (TPSA) is 155 Å². The molecule has 0 aliphatic carbocycles. The van der Waals surface area contributed by atoms with Crippen molar-refractivity contribution >= 4 is 27.6 Å². The summed E-state index contributed by atoms with van der Waals surface area (Å²) in [6.45, 7) is 4.94. The van der Waals surface area contributed by atoms with Crippen LogP contribution in [0.15, 0.2) is 83.1 Å². The number of alkyl halides is 3. The summed E-state index contributed by atoms with van der Waals surface area (Å²) in [6, 6.07) is 9.87. The Morgan fingerprint density at radius 1 is 1.14 bits per heavy atom. The van der Waals surface area contributed by atoms with Crippen molar-refractivity contribution in [1.29, 1.82) is 0 Å². The minimum absolute atomic E-state index is 0.00185. The first kappa shape index (κ1) is 32.1. The maximum Gasteiger partial charge on any atom is 0.573 e. The molecule has 2 aromatic carbocycles. The van der Waals surface area contributed by atoms with Crippen LogP contribution in [0.3, 0.4) is 0 Å². The van der Waals surface area contributed by atoms with Gasteiger partial charge in [0.1, 0.15) is 23.3 Å². The van der Waals surface area contributed by atoms with Gasteiger partial charge in [0.15, 0.2) is 0 Å². The quantitative estimate of drug-likeness (QED) is 0.329. The van der Waals surface area contributed by atoms with Gasteiger partial charge in [0, 0.05) is 26.2 Å². The number of hydrogen-bond acceptors (Lipinski definition) is 8. The van der Waals surface area contributed by atoms with Crippen molar-refractivity contribution in [3.05, 3.63) is 84.3 Å². The van der Waals surface area contributed by atoms with Gasteiger partial charge in [-0.15, -0.1) is 13.2 Å². The second-order valence-corrected chi connectivity index (χ2v) is 11.0. The Hall–Kier alpha value is -4.37. The van der Waals surface area contributed by atoms with E-state index in [4.69, 9.17) is 10.8 Å². The van der Waals surface area contributed by atoms with Crippen molar-refractivity contribution in [2.45, 2.75) is 37.2 Å². The third-order valence-corrected chi connectivity index (χ3v) is 8.23. The molecule has 1 saturated heterocycles. The molecule has 0 aromatic heterocycles. The molecule has 0 radical (unpaired) electrons. The van der Waals surface area contributed by atoms with Gasteiger partial charge in [-0.05, 0) is 47.9 Å². The largest absolute Gasteiger partial charge is 0.573 e. The fraction of sp³-hybridized carbons (Fsp3) is 0.296. The molecule has 15 heteroatoms. The molecule has 0 saturated carbocycles. The van der Waals surface area contributed by atoms with Gasteiger partial charge in [-0.1, -0.05) is 37.8 Å². The lowest BCUT2D eigenvalue weighted by Gasteiger charge is -2.40. The van der Waals surface area contributed by atoms with Crippen LogP contribution in [-0.2, 0) is 32.6 Å². The summed E-state index contributed by atoms with van der Waals surface area (Å²) in [6.07, 6.45) is -2.04. The summed E-state index contributed by atoms with van der Waals surface area (Å²) >= 11 is 0. The van der Waals surface area contributed by atoms with Crippen molar-refractivity contribution in [3.63, 3.8) is 0 Å². The minimum atomic E-state index is -4.85. The molecule has 1 aliphatic heterocycles. The fourth-order valence-electron chi connectivity index (χ4n) is 4.06. The first-order valence-electron chi connectivity index (χ1n) is 12.6.